The second-order valence-electron chi connectivity index (χ2n) is 4.85. The molecule has 0 radical (unpaired) electrons. The molecular weight excluding hydrogens is 242 g/mol. The number of nitrogens with one attached hydrogen (secondary N) is 1. The van der Waals surface area contributed by atoms with E-state index in [0.717, 1.165) is 43.5 Å². The number of likely N-dealkylation sites (N-methyl/N-ethyl adjacent to an activating group) is 1. The highest BCUT2D eigenvalue weighted by atomic mass is 16.2. The van der Waals surface area contributed by atoms with Crippen LogP contribution in [0.15, 0.2) is 12.3 Å². The summed E-state index contributed by atoms with van der Waals surface area (Å²) in [4.78, 5) is 29.1. The third-order valence-corrected chi connectivity index (χ3v) is 3.53. The van der Waals surface area contributed by atoms with Crippen LogP contribution in [0.5, 0.6) is 0 Å². The molecule has 1 aromatic heterocycles. The van der Waals surface area contributed by atoms with E-state index in [-0.39, 0.29) is 11.9 Å². The largest absolute Gasteiger partial charge is 0.357 e. The number of anilines is 1. The maximum absolute atomic E-state index is 11.9. The van der Waals surface area contributed by atoms with Gasteiger partial charge in [-0.05, 0) is 37.8 Å². The lowest BCUT2D eigenvalue weighted by molar-refractivity contribution is -0.122. The van der Waals surface area contributed by atoms with Gasteiger partial charge in [-0.2, -0.15) is 0 Å². The summed E-state index contributed by atoms with van der Waals surface area (Å²) in [7, 11) is 1.66. The lowest BCUT2D eigenvalue weighted by Crippen LogP contribution is -2.49. The van der Waals surface area contributed by atoms with Crippen molar-refractivity contribution in [3.8, 4) is 0 Å². The predicted octanol–water partition coefficient (Wildman–Crippen LogP) is 1.31. The Morgan fingerprint density at radius 3 is 2.95 bits per heavy atom. The first kappa shape index (κ1) is 13.5. The summed E-state index contributed by atoms with van der Waals surface area (Å²) in [5, 5.41) is 2.71. The Morgan fingerprint density at radius 1 is 1.53 bits per heavy atom. The number of amides is 1. The first-order valence-electron chi connectivity index (χ1n) is 6.57. The number of piperidine rings is 1. The Balaban J connectivity index is 2.32. The highest BCUT2D eigenvalue weighted by Crippen LogP contribution is 2.26. The number of aryl methyl sites for hydroxylation is 1. The Morgan fingerprint density at radius 2 is 2.32 bits per heavy atom. The van der Waals surface area contributed by atoms with Gasteiger partial charge in [0.25, 0.3) is 0 Å². The fourth-order valence-corrected chi connectivity index (χ4v) is 2.58. The van der Waals surface area contributed by atoms with Crippen molar-refractivity contribution in [2.45, 2.75) is 32.2 Å². The normalized spacial score (nSPS) is 19.1. The standard InChI is InChI=1S/C14H19N3O2/c1-10-7-11(9-18)8-16-13(10)17-6-4-3-5-12(17)14(19)15-2/h7-9,12H,3-6H2,1-2H3,(H,15,19). The molecule has 5 heteroatoms. The van der Waals surface area contributed by atoms with Gasteiger partial charge in [0.15, 0.2) is 6.29 Å². The number of hydrogen-bond acceptors (Lipinski definition) is 4. The molecule has 0 saturated carbocycles. The van der Waals surface area contributed by atoms with E-state index in [1.807, 2.05) is 17.9 Å². The molecule has 0 aromatic carbocycles. The van der Waals surface area contributed by atoms with Gasteiger partial charge < -0.3 is 10.2 Å². The lowest BCUT2D eigenvalue weighted by atomic mass is 10.0. The van der Waals surface area contributed by atoms with Crippen LogP contribution in [-0.2, 0) is 4.79 Å². The van der Waals surface area contributed by atoms with Crippen LogP contribution in [0.1, 0.15) is 35.2 Å². The minimum absolute atomic E-state index is 0.0281. The summed E-state index contributed by atoms with van der Waals surface area (Å²) >= 11 is 0. The van der Waals surface area contributed by atoms with Crippen molar-refractivity contribution in [2.24, 2.45) is 0 Å². The number of carbonyl (C=O) groups excluding carboxylic acids is 2. The number of aldehydes is 1. The third-order valence-electron chi connectivity index (χ3n) is 3.53. The molecule has 1 unspecified atom stereocenters. The van der Waals surface area contributed by atoms with Crippen LogP contribution in [0.3, 0.4) is 0 Å². The van der Waals surface area contributed by atoms with Crippen LogP contribution in [0, 0.1) is 6.92 Å². The molecule has 1 amide bonds. The maximum atomic E-state index is 11.9. The van der Waals surface area contributed by atoms with Gasteiger partial charge in [-0.15, -0.1) is 0 Å². The first-order chi connectivity index (χ1) is 9.17. The molecule has 2 rings (SSSR count). The Labute approximate surface area is 113 Å². The Bertz CT molecular complexity index is 488. The number of carbonyl (C=O) groups is 2. The molecule has 1 atom stereocenters. The Hall–Kier alpha value is -1.91. The van der Waals surface area contributed by atoms with Crippen LogP contribution in [-0.4, -0.2) is 36.8 Å². The highest BCUT2D eigenvalue weighted by Gasteiger charge is 2.29. The van der Waals surface area contributed by atoms with E-state index in [1.54, 1.807) is 13.2 Å². The van der Waals surface area contributed by atoms with E-state index in [0.29, 0.717) is 5.56 Å². The summed E-state index contributed by atoms with van der Waals surface area (Å²) in [6.45, 7) is 2.75. The van der Waals surface area contributed by atoms with E-state index in [9.17, 15) is 9.59 Å². The van der Waals surface area contributed by atoms with Gasteiger partial charge in [-0.25, -0.2) is 4.98 Å². The van der Waals surface area contributed by atoms with E-state index < -0.39 is 0 Å². The van der Waals surface area contributed by atoms with Crippen molar-refractivity contribution >= 4 is 18.0 Å². The summed E-state index contributed by atoms with van der Waals surface area (Å²) < 4.78 is 0. The fraction of sp³-hybridized carbons (Fsp3) is 0.500. The minimum Gasteiger partial charge on any atom is -0.357 e. The first-order valence-corrected chi connectivity index (χ1v) is 6.57. The molecule has 1 aromatic rings. The second kappa shape index (κ2) is 5.82. The monoisotopic (exact) mass is 261 g/mol. The fourth-order valence-electron chi connectivity index (χ4n) is 2.58. The summed E-state index contributed by atoms with van der Waals surface area (Å²) in [6, 6.07) is 1.65. The highest BCUT2D eigenvalue weighted by molar-refractivity contribution is 5.85. The van der Waals surface area contributed by atoms with E-state index >= 15 is 0 Å². The predicted molar refractivity (Wildman–Crippen MR) is 73.4 cm³/mol. The zero-order valence-electron chi connectivity index (χ0n) is 11.3. The van der Waals surface area contributed by atoms with Crippen LogP contribution in [0.25, 0.3) is 0 Å². The van der Waals surface area contributed by atoms with Gasteiger partial charge in [0.1, 0.15) is 11.9 Å². The molecule has 1 aliphatic heterocycles. The van der Waals surface area contributed by atoms with E-state index in [4.69, 9.17) is 0 Å². The molecular formula is C14H19N3O2. The molecule has 19 heavy (non-hydrogen) atoms. The van der Waals surface area contributed by atoms with Crippen molar-refractivity contribution < 1.29 is 9.59 Å². The molecule has 0 spiro atoms. The Kier molecular flexibility index (Phi) is 4.14. The van der Waals surface area contributed by atoms with Gasteiger partial charge in [0, 0.05) is 25.4 Å². The van der Waals surface area contributed by atoms with Crippen molar-refractivity contribution in [3.05, 3.63) is 23.4 Å². The molecule has 0 bridgehead atoms. The number of hydrogen-bond donors (Lipinski definition) is 1. The quantitative estimate of drug-likeness (QED) is 0.833. The summed E-state index contributed by atoms with van der Waals surface area (Å²) in [5.41, 5.74) is 1.50. The van der Waals surface area contributed by atoms with Gasteiger partial charge in [0.05, 0.1) is 0 Å². The molecule has 102 valence electrons. The third kappa shape index (κ3) is 2.75. The van der Waals surface area contributed by atoms with Gasteiger partial charge in [0.2, 0.25) is 5.91 Å². The van der Waals surface area contributed by atoms with Gasteiger partial charge in [-0.3, -0.25) is 9.59 Å². The average Bonchev–Trinajstić information content (AvgIpc) is 2.46. The van der Waals surface area contributed by atoms with E-state index in [1.165, 1.54) is 0 Å². The van der Waals surface area contributed by atoms with Gasteiger partial charge in [-0.1, -0.05) is 0 Å². The van der Waals surface area contributed by atoms with Crippen LogP contribution >= 0.6 is 0 Å². The van der Waals surface area contributed by atoms with Crippen LogP contribution in [0.2, 0.25) is 0 Å². The molecule has 1 fully saturated rings. The van der Waals surface area contributed by atoms with Crippen LogP contribution < -0.4 is 10.2 Å². The molecule has 0 aliphatic carbocycles. The lowest BCUT2D eigenvalue weighted by Gasteiger charge is -2.36. The topological polar surface area (TPSA) is 62.3 Å². The zero-order chi connectivity index (χ0) is 13.8. The van der Waals surface area contributed by atoms with Crippen molar-refractivity contribution in [2.75, 3.05) is 18.5 Å². The molecule has 1 N–H and O–H groups in total. The van der Waals surface area contributed by atoms with Crippen LogP contribution in [0.4, 0.5) is 5.82 Å². The average molecular weight is 261 g/mol. The molecule has 1 aliphatic rings. The SMILES string of the molecule is CNC(=O)C1CCCCN1c1ncc(C=O)cc1C. The smallest absolute Gasteiger partial charge is 0.242 e. The van der Waals surface area contributed by atoms with Crippen molar-refractivity contribution in [1.82, 2.24) is 10.3 Å². The maximum Gasteiger partial charge on any atom is 0.242 e. The number of nitrogens with zero attached hydrogens (tertiary/aromatic N) is 2. The molecule has 5 nitrogen and oxygen atoms in total. The van der Waals surface area contributed by atoms with E-state index in [2.05, 4.69) is 10.3 Å². The minimum atomic E-state index is -0.160. The number of rotatable bonds is 3. The summed E-state index contributed by atoms with van der Waals surface area (Å²) in [6.07, 6.45) is 5.31. The number of aromatic nitrogens is 1. The summed E-state index contributed by atoms with van der Waals surface area (Å²) in [5.74, 6) is 0.833. The molecule has 2 heterocycles. The number of pyridine rings is 1. The second-order valence-corrected chi connectivity index (χ2v) is 4.85. The van der Waals surface area contributed by atoms with Crippen molar-refractivity contribution in [1.29, 1.82) is 0 Å². The molecule has 1 saturated heterocycles. The van der Waals surface area contributed by atoms with Crippen molar-refractivity contribution in [3.63, 3.8) is 0 Å². The zero-order valence-corrected chi connectivity index (χ0v) is 11.3. The van der Waals surface area contributed by atoms with Gasteiger partial charge >= 0.3 is 0 Å².